The van der Waals surface area contributed by atoms with Crippen molar-refractivity contribution < 1.29 is 8.42 Å². The summed E-state index contributed by atoms with van der Waals surface area (Å²) >= 11 is 7.33. The molecule has 0 unspecified atom stereocenters. The van der Waals surface area contributed by atoms with Crippen LogP contribution < -0.4 is 4.72 Å². The SMILES string of the molecule is O=S(=O)(NCCc1csc(-c2ccccc2)n1)c1ccc(Cl)cc1. The highest BCUT2D eigenvalue weighted by Crippen LogP contribution is 2.23. The quantitative estimate of drug-likeness (QED) is 0.705. The molecule has 2 aromatic carbocycles. The summed E-state index contributed by atoms with van der Waals surface area (Å²) in [6.45, 7) is 0.295. The number of rotatable bonds is 6. The molecule has 0 bridgehead atoms. The van der Waals surface area contributed by atoms with Crippen molar-refractivity contribution in [2.24, 2.45) is 0 Å². The summed E-state index contributed by atoms with van der Waals surface area (Å²) in [5.41, 5.74) is 1.94. The summed E-state index contributed by atoms with van der Waals surface area (Å²) < 4.78 is 27.0. The van der Waals surface area contributed by atoms with Crippen molar-refractivity contribution >= 4 is 33.0 Å². The van der Waals surface area contributed by atoms with Crippen LogP contribution in [0.5, 0.6) is 0 Å². The van der Waals surface area contributed by atoms with Gasteiger partial charge in [-0.25, -0.2) is 18.1 Å². The molecule has 0 aliphatic rings. The molecular formula is C17H15ClN2O2S2. The van der Waals surface area contributed by atoms with E-state index in [4.69, 9.17) is 11.6 Å². The van der Waals surface area contributed by atoms with E-state index in [9.17, 15) is 8.42 Å². The van der Waals surface area contributed by atoms with Crippen LogP contribution in [0.2, 0.25) is 5.02 Å². The van der Waals surface area contributed by atoms with E-state index in [-0.39, 0.29) is 4.90 Å². The van der Waals surface area contributed by atoms with Crippen molar-refractivity contribution in [2.45, 2.75) is 11.3 Å². The first-order chi connectivity index (χ1) is 11.5. The largest absolute Gasteiger partial charge is 0.241 e. The van der Waals surface area contributed by atoms with Crippen LogP contribution >= 0.6 is 22.9 Å². The molecular weight excluding hydrogens is 364 g/mol. The molecule has 0 atom stereocenters. The molecule has 0 saturated carbocycles. The van der Waals surface area contributed by atoms with Gasteiger partial charge in [0.25, 0.3) is 0 Å². The summed E-state index contributed by atoms with van der Waals surface area (Å²) in [5, 5.41) is 3.40. The highest BCUT2D eigenvalue weighted by molar-refractivity contribution is 7.89. The van der Waals surface area contributed by atoms with Crippen LogP contribution in [-0.4, -0.2) is 19.9 Å². The first-order valence-electron chi connectivity index (χ1n) is 7.30. The number of halogens is 1. The maximum absolute atomic E-state index is 12.2. The van der Waals surface area contributed by atoms with E-state index in [1.807, 2.05) is 35.7 Å². The predicted octanol–water partition coefficient (Wildman–Crippen LogP) is 3.98. The number of benzene rings is 2. The third kappa shape index (κ3) is 4.21. The lowest BCUT2D eigenvalue weighted by molar-refractivity contribution is 0.581. The standard InChI is InChI=1S/C17H15ClN2O2S2/c18-14-6-8-16(9-7-14)24(21,22)19-11-10-15-12-23-17(20-15)13-4-2-1-3-5-13/h1-9,12,19H,10-11H2. The van der Waals surface area contributed by atoms with E-state index in [0.717, 1.165) is 16.3 Å². The van der Waals surface area contributed by atoms with E-state index in [2.05, 4.69) is 9.71 Å². The lowest BCUT2D eigenvalue weighted by Crippen LogP contribution is -2.26. The Balaban J connectivity index is 1.60. The fourth-order valence-corrected chi connectivity index (χ4v) is 4.16. The average molecular weight is 379 g/mol. The number of sulfonamides is 1. The molecule has 4 nitrogen and oxygen atoms in total. The monoisotopic (exact) mass is 378 g/mol. The molecule has 1 aromatic heterocycles. The first kappa shape index (κ1) is 17.1. The van der Waals surface area contributed by atoms with E-state index in [1.165, 1.54) is 12.1 Å². The van der Waals surface area contributed by atoms with Crippen molar-refractivity contribution in [1.29, 1.82) is 0 Å². The minimum absolute atomic E-state index is 0.204. The Labute approximate surface area is 150 Å². The molecule has 24 heavy (non-hydrogen) atoms. The minimum atomic E-state index is -3.53. The third-order valence-corrected chi connectivity index (χ3v) is 6.04. The zero-order chi connectivity index (χ0) is 17.0. The van der Waals surface area contributed by atoms with Gasteiger partial charge in [0.15, 0.2) is 0 Å². The van der Waals surface area contributed by atoms with Crippen LogP contribution in [0, 0.1) is 0 Å². The highest BCUT2D eigenvalue weighted by atomic mass is 35.5. The van der Waals surface area contributed by atoms with Gasteiger partial charge in [0.05, 0.1) is 10.6 Å². The molecule has 0 aliphatic heterocycles. The summed E-state index contributed by atoms with van der Waals surface area (Å²) in [6.07, 6.45) is 0.538. The average Bonchev–Trinajstić information content (AvgIpc) is 3.05. The Morgan fingerprint density at radius 1 is 1.04 bits per heavy atom. The summed E-state index contributed by atoms with van der Waals surface area (Å²) in [6, 6.07) is 16.0. The third-order valence-electron chi connectivity index (χ3n) is 3.37. The number of hydrogen-bond acceptors (Lipinski definition) is 4. The summed E-state index contributed by atoms with van der Waals surface area (Å²) in [4.78, 5) is 4.75. The second-order valence-corrected chi connectivity index (χ2v) is 8.17. The molecule has 124 valence electrons. The van der Waals surface area contributed by atoms with Crippen LogP contribution in [0.15, 0.2) is 64.9 Å². The Morgan fingerprint density at radius 2 is 1.75 bits per heavy atom. The number of aromatic nitrogens is 1. The Bertz CT molecular complexity index is 907. The number of thiazole rings is 1. The Morgan fingerprint density at radius 3 is 2.46 bits per heavy atom. The lowest BCUT2D eigenvalue weighted by atomic mass is 10.2. The van der Waals surface area contributed by atoms with Gasteiger partial charge < -0.3 is 0 Å². The van der Waals surface area contributed by atoms with Gasteiger partial charge in [-0.05, 0) is 24.3 Å². The highest BCUT2D eigenvalue weighted by Gasteiger charge is 2.13. The molecule has 0 radical (unpaired) electrons. The Hall–Kier alpha value is -1.73. The van der Waals surface area contributed by atoms with Crippen LogP contribution in [0.4, 0.5) is 0 Å². The van der Waals surface area contributed by atoms with Gasteiger partial charge in [0.1, 0.15) is 5.01 Å². The van der Waals surface area contributed by atoms with Crippen LogP contribution in [0.25, 0.3) is 10.6 Å². The van der Waals surface area contributed by atoms with Crippen LogP contribution in [0.1, 0.15) is 5.69 Å². The fourth-order valence-electron chi connectivity index (χ4n) is 2.15. The summed E-state index contributed by atoms with van der Waals surface area (Å²) in [7, 11) is -3.53. The van der Waals surface area contributed by atoms with Gasteiger partial charge in [-0.15, -0.1) is 11.3 Å². The van der Waals surface area contributed by atoms with E-state index in [1.54, 1.807) is 23.5 Å². The van der Waals surface area contributed by atoms with Crippen molar-refractivity contribution in [3.63, 3.8) is 0 Å². The fraction of sp³-hybridized carbons (Fsp3) is 0.118. The van der Waals surface area contributed by atoms with Gasteiger partial charge in [-0.2, -0.15) is 0 Å². The number of nitrogens with zero attached hydrogens (tertiary/aromatic N) is 1. The zero-order valence-electron chi connectivity index (χ0n) is 12.6. The maximum Gasteiger partial charge on any atom is 0.240 e. The van der Waals surface area contributed by atoms with Crippen molar-refractivity contribution in [1.82, 2.24) is 9.71 Å². The van der Waals surface area contributed by atoms with Crippen molar-refractivity contribution in [3.05, 3.63) is 70.7 Å². The molecule has 0 spiro atoms. The number of hydrogen-bond donors (Lipinski definition) is 1. The van der Waals surface area contributed by atoms with Gasteiger partial charge in [-0.3, -0.25) is 0 Å². The van der Waals surface area contributed by atoms with Crippen LogP contribution in [0.3, 0.4) is 0 Å². The lowest BCUT2D eigenvalue weighted by Gasteiger charge is -2.05. The normalized spacial score (nSPS) is 11.5. The molecule has 0 aliphatic carbocycles. The van der Waals surface area contributed by atoms with E-state index < -0.39 is 10.0 Å². The predicted molar refractivity (Wildman–Crippen MR) is 97.9 cm³/mol. The van der Waals surface area contributed by atoms with E-state index in [0.29, 0.717) is 18.0 Å². The van der Waals surface area contributed by atoms with Gasteiger partial charge in [-0.1, -0.05) is 41.9 Å². The van der Waals surface area contributed by atoms with Crippen LogP contribution in [-0.2, 0) is 16.4 Å². The second-order valence-electron chi connectivity index (χ2n) is 5.11. The van der Waals surface area contributed by atoms with Gasteiger partial charge >= 0.3 is 0 Å². The van der Waals surface area contributed by atoms with E-state index >= 15 is 0 Å². The summed E-state index contributed by atoms with van der Waals surface area (Å²) in [5.74, 6) is 0. The Kier molecular flexibility index (Phi) is 5.30. The molecule has 1 N–H and O–H groups in total. The molecule has 0 saturated heterocycles. The first-order valence-corrected chi connectivity index (χ1v) is 10.0. The molecule has 0 amide bonds. The zero-order valence-corrected chi connectivity index (χ0v) is 15.0. The second kappa shape index (κ2) is 7.44. The molecule has 0 fully saturated rings. The molecule has 3 rings (SSSR count). The topological polar surface area (TPSA) is 59.1 Å². The van der Waals surface area contributed by atoms with Gasteiger partial charge in [0.2, 0.25) is 10.0 Å². The maximum atomic E-state index is 12.2. The molecule has 1 heterocycles. The van der Waals surface area contributed by atoms with Crippen molar-refractivity contribution in [2.75, 3.05) is 6.54 Å². The smallest absolute Gasteiger partial charge is 0.240 e. The van der Waals surface area contributed by atoms with Gasteiger partial charge in [0, 0.05) is 28.9 Å². The minimum Gasteiger partial charge on any atom is -0.241 e. The molecule has 7 heteroatoms. The molecule has 3 aromatic rings. The number of nitrogens with one attached hydrogen (secondary N) is 1. The van der Waals surface area contributed by atoms with Crippen molar-refractivity contribution in [3.8, 4) is 10.6 Å².